The van der Waals surface area contributed by atoms with Gasteiger partial charge in [0.15, 0.2) is 5.84 Å². The molecule has 2 aliphatic heterocycles. The molecule has 0 bridgehead atoms. The van der Waals surface area contributed by atoms with Crippen molar-refractivity contribution >= 4 is 31.8 Å². The molecule has 0 spiro atoms. The van der Waals surface area contributed by atoms with E-state index in [9.17, 15) is 8.42 Å². The molecule has 1 saturated heterocycles. The first-order valence-electron chi connectivity index (χ1n) is 6.93. The van der Waals surface area contributed by atoms with E-state index in [1.165, 1.54) is 0 Å². The summed E-state index contributed by atoms with van der Waals surface area (Å²) in [5.41, 5.74) is 0.699. The van der Waals surface area contributed by atoms with Crippen molar-refractivity contribution in [2.24, 2.45) is 4.40 Å². The van der Waals surface area contributed by atoms with Gasteiger partial charge in [0.05, 0.1) is 16.7 Å². The van der Waals surface area contributed by atoms with Crippen LogP contribution in [0.15, 0.2) is 50.4 Å². The highest BCUT2D eigenvalue weighted by atomic mass is 79.9. The van der Waals surface area contributed by atoms with Crippen LogP contribution in [0.3, 0.4) is 0 Å². The normalized spacial score (nSPS) is 22.7. The molecule has 114 valence electrons. The lowest BCUT2D eigenvalue weighted by Crippen LogP contribution is -2.29. The van der Waals surface area contributed by atoms with E-state index in [4.69, 9.17) is 0 Å². The summed E-state index contributed by atoms with van der Waals surface area (Å²) < 4.78 is 31.1. The number of hydrogen-bond donors (Lipinski definition) is 0. The van der Waals surface area contributed by atoms with E-state index in [1.54, 1.807) is 18.3 Å². The summed E-state index contributed by atoms with van der Waals surface area (Å²) in [6, 6.07) is 7.22. The number of nitrogens with zero attached hydrogens (tertiary/aromatic N) is 4. The Labute approximate surface area is 136 Å². The predicted molar refractivity (Wildman–Crippen MR) is 85.3 cm³/mol. The average molecular weight is 381 g/mol. The molecule has 1 unspecified atom stereocenters. The summed E-state index contributed by atoms with van der Waals surface area (Å²) in [5.74, 6) is 0.560. The van der Waals surface area contributed by atoms with Crippen molar-refractivity contribution in [2.75, 3.05) is 13.1 Å². The second kappa shape index (κ2) is 4.92. The van der Waals surface area contributed by atoms with Gasteiger partial charge in [-0.1, -0.05) is 12.1 Å². The summed E-state index contributed by atoms with van der Waals surface area (Å²) in [5, 5.41) is 4.32. The van der Waals surface area contributed by atoms with Gasteiger partial charge in [0.1, 0.15) is 4.90 Å². The molecule has 1 aromatic heterocycles. The molecule has 0 N–H and O–H groups in total. The van der Waals surface area contributed by atoms with Crippen molar-refractivity contribution < 1.29 is 8.42 Å². The molecule has 6 nitrogen and oxygen atoms in total. The van der Waals surface area contributed by atoms with E-state index in [1.807, 2.05) is 27.9 Å². The number of sulfonamides is 1. The van der Waals surface area contributed by atoms with Crippen molar-refractivity contribution in [2.45, 2.75) is 17.4 Å². The van der Waals surface area contributed by atoms with Crippen molar-refractivity contribution in [1.82, 2.24) is 14.7 Å². The number of aromatic nitrogens is 2. The number of fused-ring (bicyclic) bond motifs is 1. The van der Waals surface area contributed by atoms with Gasteiger partial charge in [0.2, 0.25) is 0 Å². The zero-order valence-corrected chi connectivity index (χ0v) is 14.0. The highest BCUT2D eigenvalue weighted by Crippen LogP contribution is 2.31. The van der Waals surface area contributed by atoms with Crippen LogP contribution in [0, 0.1) is 0 Å². The van der Waals surface area contributed by atoms with Crippen LogP contribution < -0.4 is 0 Å². The van der Waals surface area contributed by atoms with Crippen LogP contribution in [-0.2, 0) is 10.0 Å². The molecule has 1 atom stereocenters. The fraction of sp³-hybridized carbons (Fsp3) is 0.286. The number of benzene rings is 1. The first-order chi connectivity index (χ1) is 10.5. The third-order valence-electron chi connectivity index (χ3n) is 4.02. The largest absolute Gasteiger partial charge is 0.353 e. The predicted octanol–water partition coefficient (Wildman–Crippen LogP) is 2.04. The minimum Gasteiger partial charge on any atom is -0.353 e. The quantitative estimate of drug-likeness (QED) is 0.758. The van der Waals surface area contributed by atoms with E-state index in [2.05, 4.69) is 25.4 Å². The van der Waals surface area contributed by atoms with Gasteiger partial charge in [-0.2, -0.15) is 13.5 Å². The maximum Gasteiger partial charge on any atom is 0.285 e. The number of rotatable bonds is 1. The molecule has 0 radical (unpaired) electrons. The Balaban J connectivity index is 1.65. The number of halogens is 1. The maximum absolute atomic E-state index is 12.1. The Bertz CT molecular complexity index is 874. The van der Waals surface area contributed by atoms with Crippen LogP contribution in [0.25, 0.3) is 0 Å². The molecule has 4 rings (SSSR count). The third kappa shape index (κ3) is 2.17. The summed E-state index contributed by atoms with van der Waals surface area (Å²) >= 11 is 3.40. The Kier molecular flexibility index (Phi) is 3.12. The maximum atomic E-state index is 12.1. The van der Waals surface area contributed by atoms with Gasteiger partial charge in [0.25, 0.3) is 10.0 Å². The van der Waals surface area contributed by atoms with Gasteiger partial charge < -0.3 is 4.90 Å². The van der Waals surface area contributed by atoms with Gasteiger partial charge in [0, 0.05) is 24.8 Å². The van der Waals surface area contributed by atoms with Crippen LogP contribution in [0.1, 0.15) is 18.0 Å². The molecule has 0 amide bonds. The van der Waals surface area contributed by atoms with Crippen molar-refractivity contribution in [3.8, 4) is 0 Å². The lowest BCUT2D eigenvalue weighted by molar-refractivity contribution is 0.443. The molecular formula is C14H13BrN4O2S. The van der Waals surface area contributed by atoms with Crippen molar-refractivity contribution in [1.29, 1.82) is 0 Å². The first kappa shape index (κ1) is 14.0. The van der Waals surface area contributed by atoms with E-state index in [0.29, 0.717) is 22.8 Å². The van der Waals surface area contributed by atoms with Gasteiger partial charge >= 0.3 is 0 Å². The molecule has 3 heterocycles. The van der Waals surface area contributed by atoms with E-state index < -0.39 is 10.0 Å². The second-order valence-corrected chi connectivity index (χ2v) is 7.90. The average Bonchev–Trinajstić information content (AvgIpc) is 3.18. The molecular weight excluding hydrogens is 368 g/mol. The first-order valence-corrected chi connectivity index (χ1v) is 9.17. The van der Waals surface area contributed by atoms with E-state index >= 15 is 0 Å². The van der Waals surface area contributed by atoms with E-state index in [-0.39, 0.29) is 6.04 Å². The number of hydrogen-bond acceptors (Lipinski definition) is 4. The summed E-state index contributed by atoms with van der Waals surface area (Å²) in [7, 11) is -3.55. The SMILES string of the molecule is O=S1(=O)N=C(N2CCC(n3cc(Br)cn3)C2)c2ccccc21. The minimum absolute atomic E-state index is 0.226. The van der Waals surface area contributed by atoms with Crippen molar-refractivity contribution in [3.63, 3.8) is 0 Å². The smallest absolute Gasteiger partial charge is 0.285 e. The number of amidine groups is 1. The fourth-order valence-corrected chi connectivity index (χ4v) is 4.51. The molecule has 0 aliphatic carbocycles. The third-order valence-corrected chi connectivity index (χ3v) is 5.75. The Morgan fingerprint density at radius 1 is 1.27 bits per heavy atom. The highest BCUT2D eigenvalue weighted by molar-refractivity contribution is 9.10. The van der Waals surface area contributed by atoms with Gasteiger partial charge in [-0.3, -0.25) is 4.68 Å². The van der Waals surface area contributed by atoms with E-state index in [0.717, 1.165) is 17.4 Å². The molecule has 0 saturated carbocycles. The summed E-state index contributed by atoms with van der Waals surface area (Å²) in [6.45, 7) is 1.47. The molecule has 2 aromatic rings. The molecule has 22 heavy (non-hydrogen) atoms. The Morgan fingerprint density at radius 2 is 2.09 bits per heavy atom. The van der Waals surface area contributed by atoms with Crippen LogP contribution >= 0.6 is 15.9 Å². The Morgan fingerprint density at radius 3 is 2.86 bits per heavy atom. The lowest BCUT2D eigenvalue weighted by Gasteiger charge is -2.18. The summed E-state index contributed by atoms with van der Waals surface area (Å²) in [4.78, 5) is 2.33. The van der Waals surface area contributed by atoms with Crippen molar-refractivity contribution in [3.05, 3.63) is 46.7 Å². The zero-order chi connectivity index (χ0) is 15.3. The van der Waals surface area contributed by atoms with Gasteiger partial charge in [-0.05, 0) is 34.5 Å². The highest BCUT2D eigenvalue weighted by Gasteiger charge is 2.35. The van der Waals surface area contributed by atoms with Gasteiger partial charge in [-0.15, -0.1) is 4.40 Å². The Hall–Kier alpha value is -1.67. The second-order valence-electron chi connectivity index (χ2n) is 5.41. The number of likely N-dealkylation sites (tertiary alicyclic amines) is 1. The fourth-order valence-electron chi connectivity index (χ4n) is 2.98. The molecule has 2 aliphatic rings. The van der Waals surface area contributed by atoms with Crippen LogP contribution in [0.5, 0.6) is 0 Å². The topological polar surface area (TPSA) is 67.6 Å². The van der Waals surface area contributed by atoms with Crippen LogP contribution in [-0.4, -0.2) is 42.0 Å². The van der Waals surface area contributed by atoms with Gasteiger partial charge in [-0.25, -0.2) is 0 Å². The van der Waals surface area contributed by atoms with Crippen LogP contribution in [0.4, 0.5) is 0 Å². The van der Waals surface area contributed by atoms with Crippen LogP contribution in [0.2, 0.25) is 0 Å². The standard InChI is InChI=1S/C14H13BrN4O2S/c15-10-7-16-19(8-10)11-5-6-18(9-11)14-12-3-1-2-4-13(12)22(20,21)17-14/h1-4,7-8,11H,5-6,9H2. The monoisotopic (exact) mass is 380 g/mol. The molecule has 1 aromatic carbocycles. The zero-order valence-electron chi connectivity index (χ0n) is 11.6. The summed E-state index contributed by atoms with van der Waals surface area (Å²) in [6.07, 6.45) is 4.61. The lowest BCUT2D eigenvalue weighted by atomic mass is 10.2. The molecule has 8 heteroatoms. The molecule has 1 fully saturated rings. The minimum atomic E-state index is -3.55.